The molecule has 6 heteroatoms. The molecule has 120 valence electrons. The average molecular weight is 305 g/mol. The largest absolute Gasteiger partial charge is 0.357 e. The van der Waals surface area contributed by atoms with Crippen LogP contribution in [-0.2, 0) is 27.2 Å². The lowest BCUT2D eigenvalue weighted by Crippen LogP contribution is -2.37. The quantitative estimate of drug-likeness (QED) is 0.878. The fourth-order valence-corrected chi connectivity index (χ4v) is 3.17. The third-order valence-electron chi connectivity index (χ3n) is 4.22. The lowest BCUT2D eigenvalue weighted by atomic mass is 10.2. The van der Waals surface area contributed by atoms with Gasteiger partial charge < -0.3 is 9.88 Å². The molecule has 3 heterocycles. The highest BCUT2D eigenvalue weighted by Crippen LogP contribution is 2.22. The molecule has 0 saturated carbocycles. The highest BCUT2D eigenvalue weighted by molar-refractivity contribution is 5.09. The number of hydrogen-bond acceptors (Lipinski definition) is 3. The molecular formula is C16H24FN5. The summed E-state index contributed by atoms with van der Waals surface area (Å²) in [6.07, 6.45) is 7.90. The number of rotatable bonds is 6. The van der Waals surface area contributed by atoms with Gasteiger partial charge in [0.05, 0.1) is 6.20 Å². The van der Waals surface area contributed by atoms with Gasteiger partial charge >= 0.3 is 0 Å². The van der Waals surface area contributed by atoms with Crippen LogP contribution in [0.15, 0.2) is 30.9 Å². The second-order valence-electron chi connectivity index (χ2n) is 6.25. The van der Waals surface area contributed by atoms with Gasteiger partial charge in [0.2, 0.25) is 0 Å². The molecule has 1 fully saturated rings. The van der Waals surface area contributed by atoms with Gasteiger partial charge in [-0.15, -0.1) is 0 Å². The molecule has 0 radical (unpaired) electrons. The number of halogens is 1. The van der Waals surface area contributed by atoms with Crippen LogP contribution in [0.3, 0.4) is 0 Å². The van der Waals surface area contributed by atoms with Gasteiger partial charge in [-0.05, 0) is 18.1 Å². The minimum absolute atomic E-state index is 0.249. The zero-order chi connectivity index (χ0) is 15.5. The molecule has 0 spiro atoms. The number of aryl methyl sites for hydroxylation is 2. The molecule has 3 rings (SSSR count). The van der Waals surface area contributed by atoms with E-state index in [2.05, 4.69) is 27.6 Å². The van der Waals surface area contributed by atoms with Crippen molar-refractivity contribution in [1.82, 2.24) is 24.6 Å². The van der Waals surface area contributed by atoms with E-state index in [1.54, 1.807) is 4.68 Å². The molecule has 0 aliphatic carbocycles. The van der Waals surface area contributed by atoms with Crippen molar-refractivity contribution in [3.63, 3.8) is 0 Å². The van der Waals surface area contributed by atoms with Crippen molar-refractivity contribution in [3.8, 4) is 0 Å². The van der Waals surface area contributed by atoms with E-state index in [4.69, 9.17) is 0 Å². The number of likely N-dealkylation sites (tertiary alicyclic amines) is 1. The molecular weight excluding hydrogens is 281 g/mol. The van der Waals surface area contributed by atoms with Crippen LogP contribution in [0.1, 0.15) is 17.5 Å². The standard InChI is InChI=1S/C16H24FN5/c1-20-4-3-13(9-20)6-18-8-16-5-15(17)12-22(16)11-14-7-19-21(2)10-14/h3-4,7,9-10,15-16,18H,5-6,8,11-12H2,1-2H3/t15-,16-/m0/s1. The van der Waals surface area contributed by atoms with Gasteiger partial charge in [0.15, 0.2) is 0 Å². The Morgan fingerprint density at radius 3 is 2.86 bits per heavy atom. The molecule has 0 aromatic carbocycles. The lowest BCUT2D eigenvalue weighted by Gasteiger charge is -2.23. The molecule has 0 unspecified atom stereocenters. The monoisotopic (exact) mass is 305 g/mol. The van der Waals surface area contributed by atoms with E-state index in [0.29, 0.717) is 13.0 Å². The van der Waals surface area contributed by atoms with Gasteiger partial charge in [0, 0.05) is 70.5 Å². The second kappa shape index (κ2) is 6.62. The molecule has 5 nitrogen and oxygen atoms in total. The van der Waals surface area contributed by atoms with Crippen molar-refractivity contribution in [2.75, 3.05) is 13.1 Å². The van der Waals surface area contributed by atoms with E-state index < -0.39 is 6.17 Å². The molecule has 1 aliphatic rings. The Kier molecular flexibility index (Phi) is 4.59. The Morgan fingerprint density at radius 1 is 1.32 bits per heavy atom. The molecule has 1 N–H and O–H groups in total. The lowest BCUT2D eigenvalue weighted by molar-refractivity contribution is 0.230. The summed E-state index contributed by atoms with van der Waals surface area (Å²) in [6, 6.07) is 2.35. The van der Waals surface area contributed by atoms with Crippen molar-refractivity contribution in [3.05, 3.63) is 42.0 Å². The normalized spacial score (nSPS) is 22.5. The summed E-state index contributed by atoms with van der Waals surface area (Å²) < 4.78 is 17.6. The summed E-state index contributed by atoms with van der Waals surface area (Å²) in [5.41, 5.74) is 2.40. The molecule has 22 heavy (non-hydrogen) atoms. The van der Waals surface area contributed by atoms with Crippen molar-refractivity contribution in [2.45, 2.75) is 31.7 Å². The van der Waals surface area contributed by atoms with E-state index in [-0.39, 0.29) is 6.04 Å². The molecule has 0 amide bonds. The maximum absolute atomic E-state index is 13.8. The summed E-state index contributed by atoms with van der Waals surface area (Å²) in [7, 11) is 3.92. The molecule has 0 bridgehead atoms. The van der Waals surface area contributed by atoms with Gasteiger partial charge in [-0.3, -0.25) is 9.58 Å². The summed E-state index contributed by atoms with van der Waals surface area (Å²) in [5.74, 6) is 0. The van der Waals surface area contributed by atoms with Crippen LogP contribution < -0.4 is 5.32 Å². The van der Waals surface area contributed by atoms with E-state index >= 15 is 0 Å². The molecule has 1 aliphatic heterocycles. The summed E-state index contributed by atoms with van der Waals surface area (Å²) in [4.78, 5) is 2.22. The van der Waals surface area contributed by atoms with E-state index in [1.807, 2.05) is 37.3 Å². The number of nitrogens with zero attached hydrogens (tertiary/aromatic N) is 4. The third-order valence-corrected chi connectivity index (χ3v) is 4.22. The number of nitrogens with one attached hydrogen (secondary N) is 1. The zero-order valence-electron chi connectivity index (χ0n) is 13.2. The van der Waals surface area contributed by atoms with Crippen molar-refractivity contribution >= 4 is 0 Å². The zero-order valence-corrected chi connectivity index (χ0v) is 13.2. The number of alkyl halides is 1. The molecule has 1 saturated heterocycles. The molecule has 2 aromatic heterocycles. The molecule has 2 aromatic rings. The highest BCUT2D eigenvalue weighted by Gasteiger charge is 2.31. The number of aromatic nitrogens is 3. The van der Waals surface area contributed by atoms with Crippen LogP contribution in [0.4, 0.5) is 4.39 Å². The maximum atomic E-state index is 13.8. The van der Waals surface area contributed by atoms with Crippen LogP contribution in [0.25, 0.3) is 0 Å². The predicted octanol–water partition coefficient (Wildman–Crippen LogP) is 1.46. The van der Waals surface area contributed by atoms with Gasteiger partial charge in [-0.1, -0.05) is 0 Å². The van der Waals surface area contributed by atoms with Crippen LogP contribution in [-0.4, -0.2) is 44.6 Å². The van der Waals surface area contributed by atoms with Crippen LogP contribution in [0.2, 0.25) is 0 Å². The van der Waals surface area contributed by atoms with Gasteiger partial charge in [-0.25, -0.2) is 4.39 Å². The average Bonchev–Trinajstić information content (AvgIpc) is 3.14. The first-order chi connectivity index (χ1) is 10.6. The van der Waals surface area contributed by atoms with Crippen LogP contribution >= 0.6 is 0 Å². The van der Waals surface area contributed by atoms with Crippen molar-refractivity contribution in [1.29, 1.82) is 0 Å². The highest BCUT2D eigenvalue weighted by atomic mass is 19.1. The first-order valence-electron chi connectivity index (χ1n) is 7.77. The summed E-state index contributed by atoms with van der Waals surface area (Å²) in [5, 5.41) is 7.64. The van der Waals surface area contributed by atoms with Crippen molar-refractivity contribution in [2.24, 2.45) is 14.1 Å². The summed E-state index contributed by atoms with van der Waals surface area (Å²) >= 11 is 0. The first-order valence-corrected chi connectivity index (χ1v) is 7.77. The Morgan fingerprint density at radius 2 is 2.18 bits per heavy atom. The fourth-order valence-electron chi connectivity index (χ4n) is 3.17. The SMILES string of the molecule is Cn1ccc(CNC[C@@H]2C[C@H](F)CN2Cc2cnn(C)c2)c1. The van der Waals surface area contributed by atoms with E-state index in [9.17, 15) is 4.39 Å². The van der Waals surface area contributed by atoms with E-state index in [0.717, 1.165) is 25.2 Å². The third kappa shape index (κ3) is 3.75. The Balaban J connectivity index is 1.52. The second-order valence-corrected chi connectivity index (χ2v) is 6.25. The van der Waals surface area contributed by atoms with Gasteiger partial charge in [-0.2, -0.15) is 5.10 Å². The Labute approximate surface area is 130 Å². The predicted molar refractivity (Wildman–Crippen MR) is 84.0 cm³/mol. The number of hydrogen-bond donors (Lipinski definition) is 1. The van der Waals surface area contributed by atoms with Crippen molar-refractivity contribution < 1.29 is 4.39 Å². The minimum Gasteiger partial charge on any atom is -0.357 e. The van der Waals surface area contributed by atoms with Gasteiger partial charge in [0.25, 0.3) is 0 Å². The Hall–Kier alpha value is -1.66. The van der Waals surface area contributed by atoms with Gasteiger partial charge in [0.1, 0.15) is 6.17 Å². The smallest absolute Gasteiger partial charge is 0.114 e. The fraction of sp³-hybridized carbons (Fsp3) is 0.562. The minimum atomic E-state index is -0.722. The molecule has 2 atom stereocenters. The maximum Gasteiger partial charge on any atom is 0.114 e. The summed E-state index contributed by atoms with van der Waals surface area (Å²) in [6.45, 7) is 2.93. The van der Waals surface area contributed by atoms with E-state index in [1.165, 1.54) is 5.56 Å². The first kappa shape index (κ1) is 15.2. The van der Waals surface area contributed by atoms with Crippen LogP contribution in [0, 0.1) is 0 Å². The van der Waals surface area contributed by atoms with Crippen LogP contribution in [0.5, 0.6) is 0 Å². The topological polar surface area (TPSA) is 38.0 Å². The Bertz CT molecular complexity index is 605.